The standard InChI is InChI=1S/C18H13Cl2N5O2S/c19-13-7-6-12(14(20)8-13)10-21-23-15(26)9-16-24-25-18(28-16)22-17(27)11-4-2-1-3-5-11/h1-8,10H,9H2,(H,23,26)(H,22,25,27)/b21-10+. The van der Waals surface area contributed by atoms with Crippen molar-refractivity contribution >= 4 is 57.7 Å². The third-order valence-corrected chi connectivity index (χ3v) is 4.79. The summed E-state index contributed by atoms with van der Waals surface area (Å²) in [6.45, 7) is 0. The zero-order valence-corrected chi connectivity index (χ0v) is 16.6. The first kappa shape index (κ1) is 19.9. The lowest BCUT2D eigenvalue weighted by atomic mass is 10.2. The zero-order valence-electron chi connectivity index (χ0n) is 14.2. The summed E-state index contributed by atoms with van der Waals surface area (Å²) >= 11 is 13.0. The van der Waals surface area contributed by atoms with Crippen LogP contribution in [0.15, 0.2) is 53.6 Å². The van der Waals surface area contributed by atoms with Gasteiger partial charge in [-0.2, -0.15) is 5.10 Å². The maximum Gasteiger partial charge on any atom is 0.257 e. The van der Waals surface area contributed by atoms with Crippen LogP contribution in [0.5, 0.6) is 0 Å². The van der Waals surface area contributed by atoms with Crippen LogP contribution in [0.4, 0.5) is 5.13 Å². The molecular weight excluding hydrogens is 421 g/mol. The second-order valence-corrected chi connectivity index (χ2v) is 7.36. The molecule has 142 valence electrons. The predicted molar refractivity (Wildman–Crippen MR) is 110 cm³/mol. The number of nitrogens with zero attached hydrogens (tertiary/aromatic N) is 3. The van der Waals surface area contributed by atoms with Crippen LogP contribution in [0.25, 0.3) is 0 Å². The molecule has 0 bridgehead atoms. The number of nitrogens with one attached hydrogen (secondary N) is 2. The molecule has 0 fully saturated rings. The fourth-order valence-corrected chi connectivity index (χ4v) is 3.28. The van der Waals surface area contributed by atoms with Gasteiger partial charge in [0.05, 0.1) is 17.7 Å². The van der Waals surface area contributed by atoms with Crippen LogP contribution in [0.1, 0.15) is 20.9 Å². The molecule has 0 aliphatic rings. The lowest BCUT2D eigenvalue weighted by Crippen LogP contribution is -2.19. The van der Waals surface area contributed by atoms with Crippen molar-refractivity contribution in [3.63, 3.8) is 0 Å². The van der Waals surface area contributed by atoms with Gasteiger partial charge in [0.1, 0.15) is 5.01 Å². The molecule has 1 heterocycles. The van der Waals surface area contributed by atoms with Gasteiger partial charge in [-0.3, -0.25) is 14.9 Å². The van der Waals surface area contributed by atoms with E-state index in [0.29, 0.717) is 31.3 Å². The highest BCUT2D eigenvalue weighted by molar-refractivity contribution is 7.15. The van der Waals surface area contributed by atoms with Gasteiger partial charge in [-0.05, 0) is 24.3 Å². The molecule has 2 amide bonds. The van der Waals surface area contributed by atoms with Crippen molar-refractivity contribution in [3.05, 3.63) is 74.7 Å². The summed E-state index contributed by atoms with van der Waals surface area (Å²) in [5.74, 6) is -0.671. The van der Waals surface area contributed by atoms with Crippen LogP contribution in [-0.2, 0) is 11.2 Å². The topological polar surface area (TPSA) is 96.3 Å². The molecule has 0 atom stereocenters. The second-order valence-electron chi connectivity index (χ2n) is 5.46. The van der Waals surface area contributed by atoms with Crippen LogP contribution in [0.2, 0.25) is 10.0 Å². The maximum atomic E-state index is 12.1. The largest absolute Gasteiger partial charge is 0.296 e. The first-order chi connectivity index (χ1) is 13.5. The van der Waals surface area contributed by atoms with Crippen molar-refractivity contribution in [1.82, 2.24) is 15.6 Å². The number of benzene rings is 2. The van der Waals surface area contributed by atoms with E-state index in [-0.39, 0.29) is 18.2 Å². The van der Waals surface area contributed by atoms with Crippen molar-refractivity contribution in [2.24, 2.45) is 5.10 Å². The Hall–Kier alpha value is -2.81. The van der Waals surface area contributed by atoms with Gasteiger partial charge in [-0.15, -0.1) is 10.2 Å². The smallest absolute Gasteiger partial charge is 0.257 e. The Kier molecular flexibility index (Phi) is 6.70. The van der Waals surface area contributed by atoms with Crippen LogP contribution in [0, 0.1) is 0 Å². The van der Waals surface area contributed by atoms with Crippen LogP contribution in [0.3, 0.4) is 0 Å². The van der Waals surface area contributed by atoms with Crippen molar-refractivity contribution in [2.45, 2.75) is 6.42 Å². The summed E-state index contributed by atoms with van der Waals surface area (Å²) in [6.07, 6.45) is 1.40. The van der Waals surface area contributed by atoms with Gasteiger partial charge in [0.25, 0.3) is 5.91 Å². The van der Waals surface area contributed by atoms with Gasteiger partial charge in [-0.1, -0.05) is 58.8 Å². The Morgan fingerprint density at radius 2 is 1.89 bits per heavy atom. The number of hydrogen-bond donors (Lipinski definition) is 2. The summed E-state index contributed by atoms with van der Waals surface area (Å²) in [5.41, 5.74) is 3.51. The Labute approximate surface area is 174 Å². The van der Waals surface area contributed by atoms with Crippen molar-refractivity contribution in [1.29, 1.82) is 0 Å². The number of carbonyl (C=O) groups excluding carboxylic acids is 2. The van der Waals surface area contributed by atoms with E-state index in [1.807, 2.05) is 6.07 Å². The number of amides is 2. The molecule has 0 saturated carbocycles. The van der Waals surface area contributed by atoms with Crippen LogP contribution >= 0.6 is 34.5 Å². The summed E-state index contributed by atoms with van der Waals surface area (Å²) in [6, 6.07) is 13.7. The molecule has 3 aromatic rings. The molecule has 0 radical (unpaired) electrons. The van der Waals surface area contributed by atoms with E-state index >= 15 is 0 Å². The fourth-order valence-electron chi connectivity index (χ4n) is 2.09. The first-order valence-corrected chi connectivity index (χ1v) is 9.54. The van der Waals surface area contributed by atoms with Gasteiger partial charge in [0.2, 0.25) is 11.0 Å². The summed E-state index contributed by atoms with van der Waals surface area (Å²) in [7, 11) is 0. The molecule has 7 nitrogen and oxygen atoms in total. The predicted octanol–water partition coefficient (Wildman–Crippen LogP) is 3.79. The molecule has 3 rings (SSSR count). The van der Waals surface area contributed by atoms with E-state index in [1.165, 1.54) is 6.21 Å². The van der Waals surface area contributed by atoms with Crippen LogP contribution in [-0.4, -0.2) is 28.2 Å². The first-order valence-electron chi connectivity index (χ1n) is 7.97. The normalized spacial score (nSPS) is 10.8. The number of hydrogen-bond acceptors (Lipinski definition) is 6. The molecule has 2 aromatic carbocycles. The van der Waals surface area contributed by atoms with Crippen molar-refractivity contribution in [2.75, 3.05) is 5.32 Å². The molecule has 2 N–H and O–H groups in total. The molecule has 0 spiro atoms. The average Bonchev–Trinajstić information content (AvgIpc) is 3.11. The lowest BCUT2D eigenvalue weighted by Gasteiger charge is -2.00. The summed E-state index contributed by atoms with van der Waals surface area (Å²) < 4.78 is 0. The third-order valence-electron chi connectivity index (χ3n) is 3.39. The zero-order chi connectivity index (χ0) is 19.9. The molecule has 0 aliphatic heterocycles. The molecule has 0 unspecified atom stereocenters. The van der Waals surface area contributed by atoms with Crippen molar-refractivity contribution in [3.8, 4) is 0 Å². The Morgan fingerprint density at radius 1 is 1.11 bits per heavy atom. The van der Waals surface area contributed by atoms with Crippen molar-refractivity contribution < 1.29 is 9.59 Å². The molecule has 0 aliphatic carbocycles. The highest BCUT2D eigenvalue weighted by atomic mass is 35.5. The van der Waals surface area contributed by atoms with Gasteiger partial charge in [-0.25, -0.2) is 5.43 Å². The molecule has 1 aromatic heterocycles. The Bertz CT molecular complexity index is 1020. The number of hydrazone groups is 1. The third kappa shape index (κ3) is 5.59. The number of halogens is 2. The van der Waals surface area contributed by atoms with Gasteiger partial charge in [0.15, 0.2) is 0 Å². The minimum Gasteiger partial charge on any atom is -0.296 e. The van der Waals surface area contributed by atoms with E-state index in [2.05, 4.69) is 26.0 Å². The fraction of sp³-hybridized carbons (Fsp3) is 0.0556. The minimum absolute atomic E-state index is 0.0232. The van der Waals surface area contributed by atoms with E-state index in [9.17, 15) is 9.59 Å². The minimum atomic E-state index is -0.376. The average molecular weight is 434 g/mol. The number of carbonyl (C=O) groups is 2. The quantitative estimate of drug-likeness (QED) is 0.456. The highest BCUT2D eigenvalue weighted by Gasteiger charge is 2.12. The number of aromatic nitrogens is 2. The lowest BCUT2D eigenvalue weighted by molar-refractivity contribution is -0.120. The highest BCUT2D eigenvalue weighted by Crippen LogP contribution is 2.19. The van der Waals surface area contributed by atoms with E-state index < -0.39 is 0 Å². The SMILES string of the molecule is O=C(Cc1nnc(NC(=O)c2ccccc2)s1)N/N=C/c1ccc(Cl)cc1Cl. The molecule has 28 heavy (non-hydrogen) atoms. The van der Waals surface area contributed by atoms with E-state index in [4.69, 9.17) is 23.2 Å². The molecule has 0 saturated heterocycles. The van der Waals surface area contributed by atoms with Gasteiger partial charge >= 0.3 is 0 Å². The summed E-state index contributed by atoms with van der Waals surface area (Å²) in [5, 5.41) is 16.0. The van der Waals surface area contributed by atoms with E-state index in [0.717, 1.165) is 11.3 Å². The maximum absolute atomic E-state index is 12.1. The molecular formula is C18H13Cl2N5O2S. The Morgan fingerprint density at radius 3 is 2.64 bits per heavy atom. The Balaban J connectivity index is 1.52. The van der Waals surface area contributed by atoms with Crippen LogP contribution < -0.4 is 10.7 Å². The van der Waals surface area contributed by atoms with Gasteiger partial charge in [0, 0.05) is 16.1 Å². The summed E-state index contributed by atoms with van der Waals surface area (Å²) in [4.78, 5) is 24.0. The number of anilines is 1. The number of rotatable bonds is 6. The monoisotopic (exact) mass is 433 g/mol. The second kappa shape index (κ2) is 9.41. The van der Waals surface area contributed by atoms with Gasteiger partial charge < -0.3 is 0 Å². The molecule has 10 heteroatoms. The van der Waals surface area contributed by atoms with E-state index in [1.54, 1.807) is 42.5 Å².